The number of rotatable bonds is 8. The number of amides is 1. The van der Waals surface area contributed by atoms with E-state index in [0.717, 1.165) is 30.8 Å². The van der Waals surface area contributed by atoms with Gasteiger partial charge in [-0.2, -0.15) is 0 Å². The number of benzene rings is 1. The van der Waals surface area contributed by atoms with Gasteiger partial charge in [-0.1, -0.05) is 0 Å². The number of nitrogens with two attached hydrogens (primary N) is 1. The average Bonchev–Trinajstić information content (AvgIpc) is 2.34. The fourth-order valence-corrected chi connectivity index (χ4v) is 1.44. The first-order valence-electron chi connectivity index (χ1n) is 5.77. The molecule has 17 heavy (non-hydrogen) atoms. The third-order valence-electron chi connectivity index (χ3n) is 2.40. The third-order valence-corrected chi connectivity index (χ3v) is 2.40. The van der Waals surface area contributed by atoms with Crippen LogP contribution in [0.1, 0.15) is 25.7 Å². The van der Waals surface area contributed by atoms with E-state index in [9.17, 15) is 4.79 Å². The SMILES string of the molecule is COc1ccc(OCCCCCC(N)=O)cc1. The summed E-state index contributed by atoms with van der Waals surface area (Å²) in [6, 6.07) is 7.48. The topological polar surface area (TPSA) is 61.6 Å². The number of primary amides is 1. The van der Waals surface area contributed by atoms with Crippen molar-refractivity contribution in [2.45, 2.75) is 25.7 Å². The second kappa shape index (κ2) is 7.54. The summed E-state index contributed by atoms with van der Waals surface area (Å²) in [6.45, 7) is 0.658. The second-order valence-corrected chi connectivity index (χ2v) is 3.80. The zero-order valence-electron chi connectivity index (χ0n) is 10.1. The standard InChI is InChI=1S/C13H19NO3/c1-16-11-6-8-12(9-7-11)17-10-4-2-3-5-13(14)15/h6-9H,2-5,10H2,1H3,(H2,14,15). The van der Waals surface area contributed by atoms with E-state index in [0.29, 0.717) is 13.0 Å². The van der Waals surface area contributed by atoms with Gasteiger partial charge >= 0.3 is 0 Å². The van der Waals surface area contributed by atoms with Gasteiger partial charge in [-0.3, -0.25) is 4.79 Å². The first kappa shape index (κ1) is 13.4. The lowest BCUT2D eigenvalue weighted by atomic mass is 10.2. The molecule has 1 aromatic rings. The van der Waals surface area contributed by atoms with Gasteiger partial charge in [-0.15, -0.1) is 0 Å². The molecule has 0 atom stereocenters. The smallest absolute Gasteiger partial charge is 0.217 e. The molecular weight excluding hydrogens is 218 g/mol. The Morgan fingerprint density at radius 3 is 2.35 bits per heavy atom. The maximum atomic E-state index is 10.5. The maximum Gasteiger partial charge on any atom is 0.217 e. The quantitative estimate of drug-likeness (QED) is 0.704. The van der Waals surface area contributed by atoms with Crippen molar-refractivity contribution in [3.8, 4) is 11.5 Å². The molecule has 0 radical (unpaired) electrons. The van der Waals surface area contributed by atoms with E-state index in [1.165, 1.54) is 0 Å². The van der Waals surface area contributed by atoms with E-state index in [-0.39, 0.29) is 5.91 Å². The first-order chi connectivity index (χ1) is 8.22. The van der Waals surface area contributed by atoms with Crippen LogP contribution < -0.4 is 15.2 Å². The van der Waals surface area contributed by atoms with E-state index in [4.69, 9.17) is 15.2 Å². The highest BCUT2D eigenvalue weighted by atomic mass is 16.5. The molecular formula is C13H19NO3. The van der Waals surface area contributed by atoms with Crippen LogP contribution in [0, 0.1) is 0 Å². The summed E-state index contributed by atoms with van der Waals surface area (Å²) in [5, 5.41) is 0. The number of hydrogen-bond donors (Lipinski definition) is 1. The van der Waals surface area contributed by atoms with Crippen molar-refractivity contribution in [1.82, 2.24) is 0 Å². The van der Waals surface area contributed by atoms with Gasteiger partial charge in [0, 0.05) is 6.42 Å². The van der Waals surface area contributed by atoms with Gasteiger partial charge in [-0.25, -0.2) is 0 Å². The minimum atomic E-state index is -0.235. The molecule has 1 rings (SSSR count). The Labute approximate surface area is 102 Å². The van der Waals surface area contributed by atoms with E-state index < -0.39 is 0 Å². The maximum absolute atomic E-state index is 10.5. The van der Waals surface area contributed by atoms with Crippen molar-refractivity contribution in [3.05, 3.63) is 24.3 Å². The van der Waals surface area contributed by atoms with Gasteiger partial charge in [0.2, 0.25) is 5.91 Å². The molecule has 0 unspecified atom stereocenters. The highest BCUT2D eigenvalue weighted by molar-refractivity contribution is 5.73. The largest absolute Gasteiger partial charge is 0.497 e. The summed E-state index contributed by atoms with van der Waals surface area (Å²) in [4.78, 5) is 10.5. The Morgan fingerprint density at radius 1 is 1.12 bits per heavy atom. The average molecular weight is 237 g/mol. The fourth-order valence-electron chi connectivity index (χ4n) is 1.44. The van der Waals surface area contributed by atoms with E-state index in [1.54, 1.807) is 7.11 Å². The normalized spacial score (nSPS) is 9.94. The summed E-state index contributed by atoms with van der Waals surface area (Å²) in [6.07, 6.45) is 3.18. The number of hydrogen-bond acceptors (Lipinski definition) is 3. The third kappa shape index (κ3) is 5.80. The molecule has 0 spiro atoms. The van der Waals surface area contributed by atoms with E-state index in [1.807, 2.05) is 24.3 Å². The Balaban J connectivity index is 2.11. The summed E-state index contributed by atoms with van der Waals surface area (Å²) in [5.41, 5.74) is 5.04. The van der Waals surface area contributed by atoms with E-state index in [2.05, 4.69) is 0 Å². The second-order valence-electron chi connectivity index (χ2n) is 3.80. The highest BCUT2D eigenvalue weighted by Gasteiger charge is 1.97. The highest BCUT2D eigenvalue weighted by Crippen LogP contribution is 2.17. The summed E-state index contributed by atoms with van der Waals surface area (Å²) >= 11 is 0. The lowest BCUT2D eigenvalue weighted by molar-refractivity contribution is -0.118. The molecule has 0 aliphatic rings. The van der Waals surface area contributed by atoms with Gasteiger partial charge < -0.3 is 15.2 Å². The van der Waals surface area contributed by atoms with Gasteiger partial charge in [0.05, 0.1) is 13.7 Å². The lowest BCUT2D eigenvalue weighted by Gasteiger charge is -2.06. The number of ether oxygens (including phenoxy) is 2. The molecule has 4 heteroatoms. The molecule has 0 saturated carbocycles. The Morgan fingerprint density at radius 2 is 1.76 bits per heavy atom. The summed E-state index contributed by atoms with van der Waals surface area (Å²) < 4.78 is 10.6. The zero-order chi connectivity index (χ0) is 12.5. The first-order valence-corrected chi connectivity index (χ1v) is 5.77. The minimum absolute atomic E-state index is 0.235. The Kier molecular flexibility index (Phi) is 5.93. The van der Waals surface area contributed by atoms with Gasteiger partial charge in [0.1, 0.15) is 11.5 Å². The number of methoxy groups -OCH3 is 1. The van der Waals surface area contributed by atoms with Crippen LogP contribution in [0.3, 0.4) is 0 Å². The molecule has 0 fully saturated rings. The van der Waals surface area contributed by atoms with Crippen LogP contribution in [-0.2, 0) is 4.79 Å². The van der Waals surface area contributed by atoms with Gasteiger partial charge in [-0.05, 0) is 43.5 Å². The molecule has 1 aromatic carbocycles. The van der Waals surface area contributed by atoms with Crippen LogP contribution >= 0.6 is 0 Å². The Bertz CT molecular complexity index is 335. The predicted molar refractivity (Wildman–Crippen MR) is 66.2 cm³/mol. The molecule has 0 aliphatic heterocycles. The van der Waals surface area contributed by atoms with Crippen molar-refractivity contribution < 1.29 is 14.3 Å². The van der Waals surface area contributed by atoms with Crippen molar-refractivity contribution in [3.63, 3.8) is 0 Å². The molecule has 0 bridgehead atoms. The number of unbranched alkanes of at least 4 members (excludes halogenated alkanes) is 2. The summed E-state index contributed by atoms with van der Waals surface area (Å²) in [5.74, 6) is 1.42. The zero-order valence-corrected chi connectivity index (χ0v) is 10.1. The van der Waals surface area contributed by atoms with Crippen LogP contribution in [-0.4, -0.2) is 19.6 Å². The van der Waals surface area contributed by atoms with Crippen molar-refractivity contribution in [2.24, 2.45) is 5.73 Å². The van der Waals surface area contributed by atoms with Crippen molar-refractivity contribution in [2.75, 3.05) is 13.7 Å². The van der Waals surface area contributed by atoms with Crippen LogP contribution in [0.5, 0.6) is 11.5 Å². The molecule has 0 heterocycles. The number of carbonyl (C=O) groups is 1. The predicted octanol–water partition coefficient (Wildman–Crippen LogP) is 2.12. The monoisotopic (exact) mass is 237 g/mol. The summed E-state index contributed by atoms with van der Waals surface area (Å²) in [7, 11) is 1.63. The molecule has 2 N–H and O–H groups in total. The van der Waals surface area contributed by atoms with Crippen molar-refractivity contribution >= 4 is 5.91 Å². The Hall–Kier alpha value is -1.71. The molecule has 1 amide bonds. The van der Waals surface area contributed by atoms with Crippen LogP contribution in [0.15, 0.2) is 24.3 Å². The molecule has 0 saturated heterocycles. The molecule has 94 valence electrons. The minimum Gasteiger partial charge on any atom is -0.497 e. The van der Waals surface area contributed by atoms with E-state index >= 15 is 0 Å². The van der Waals surface area contributed by atoms with Crippen LogP contribution in [0.25, 0.3) is 0 Å². The molecule has 0 aromatic heterocycles. The van der Waals surface area contributed by atoms with Crippen LogP contribution in [0.2, 0.25) is 0 Å². The fraction of sp³-hybridized carbons (Fsp3) is 0.462. The lowest BCUT2D eigenvalue weighted by Crippen LogP contribution is -2.09. The molecule has 4 nitrogen and oxygen atoms in total. The van der Waals surface area contributed by atoms with Crippen LogP contribution in [0.4, 0.5) is 0 Å². The number of carbonyl (C=O) groups excluding carboxylic acids is 1. The van der Waals surface area contributed by atoms with Gasteiger partial charge in [0.25, 0.3) is 0 Å². The molecule has 0 aliphatic carbocycles. The van der Waals surface area contributed by atoms with Crippen molar-refractivity contribution in [1.29, 1.82) is 0 Å². The van der Waals surface area contributed by atoms with Gasteiger partial charge in [0.15, 0.2) is 0 Å².